The van der Waals surface area contributed by atoms with Gasteiger partial charge in [-0.15, -0.1) is 0 Å². The van der Waals surface area contributed by atoms with Crippen LogP contribution >= 0.6 is 11.6 Å². The first-order chi connectivity index (χ1) is 8.61. The third kappa shape index (κ3) is 2.71. The standard InChI is InChI=1S/C13H17ClN4/c1-4-15-9(2)11-5-6-16-13(7-11)18-8-12(14)10(3)17-18/h5-9,15H,4H2,1-3H3. The lowest BCUT2D eigenvalue weighted by molar-refractivity contribution is 0.596. The van der Waals surface area contributed by atoms with Gasteiger partial charge in [0.25, 0.3) is 0 Å². The normalized spacial score (nSPS) is 12.7. The monoisotopic (exact) mass is 264 g/mol. The molecule has 0 amide bonds. The number of pyridine rings is 1. The van der Waals surface area contributed by atoms with Gasteiger partial charge in [0.2, 0.25) is 0 Å². The van der Waals surface area contributed by atoms with E-state index in [2.05, 4.69) is 29.2 Å². The van der Waals surface area contributed by atoms with Crippen LogP contribution in [0.15, 0.2) is 24.5 Å². The maximum Gasteiger partial charge on any atom is 0.153 e. The van der Waals surface area contributed by atoms with Gasteiger partial charge in [-0.25, -0.2) is 9.67 Å². The lowest BCUT2D eigenvalue weighted by atomic mass is 10.1. The Morgan fingerprint density at radius 1 is 1.50 bits per heavy atom. The Labute approximate surface area is 112 Å². The van der Waals surface area contributed by atoms with Gasteiger partial charge in [0.15, 0.2) is 5.82 Å². The van der Waals surface area contributed by atoms with Crippen molar-refractivity contribution in [1.29, 1.82) is 0 Å². The Hall–Kier alpha value is -1.39. The second kappa shape index (κ2) is 5.50. The highest BCUT2D eigenvalue weighted by Crippen LogP contribution is 2.18. The first kappa shape index (κ1) is 13.1. The Bertz CT molecular complexity index is 516. The van der Waals surface area contributed by atoms with Gasteiger partial charge in [-0.1, -0.05) is 18.5 Å². The van der Waals surface area contributed by atoms with Crippen LogP contribution in [0.1, 0.15) is 31.1 Å². The summed E-state index contributed by atoms with van der Waals surface area (Å²) in [6.07, 6.45) is 3.57. The molecule has 0 spiro atoms. The second-order valence-electron chi connectivity index (χ2n) is 4.23. The SMILES string of the molecule is CCNC(C)c1ccnc(-n2cc(Cl)c(C)n2)c1. The molecule has 5 heteroatoms. The van der Waals surface area contributed by atoms with E-state index in [1.807, 2.05) is 19.1 Å². The zero-order valence-electron chi connectivity index (χ0n) is 10.8. The summed E-state index contributed by atoms with van der Waals surface area (Å²) in [5.74, 6) is 0.784. The van der Waals surface area contributed by atoms with Crippen molar-refractivity contribution < 1.29 is 0 Å². The number of hydrogen-bond acceptors (Lipinski definition) is 3. The van der Waals surface area contributed by atoms with Crippen molar-refractivity contribution in [1.82, 2.24) is 20.1 Å². The Morgan fingerprint density at radius 3 is 2.89 bits per heavy atom. The van der Waals surface area contributed by atoms with Crippen LogP contribution in [0.2, 0.25) is 5.02 Å². The fourth-order valence-corrected chi connectivity index (χ4v) is 1.94. The van der Waals surface area contributed by atoms with Crippen LogP contribution in [0, 0.1) is 6.92 Å². The van der Waals surface area contributed by atoms with Crippen molar-refractivity contribution in [3.8, 4) is 5.82 Å². The van der Waals surface area contributed by atoms with Gasteiger partial charge < -0.3 is 5.32 Å². The van der Waals surface area contributed by atoms with E-state index < -0.39 is 0 Å². The fourth-order valence-electron chi connectivity index (χ4n) is 1.81. The molecule has 1 N–H and O–H groups in total. The third-order valence-electron chi connectivity index (χ3n) is 2.85. The third-order valence-corrected chi connectivity index (χ3v) is 3.22. The Kier molecular flexibility index (Phi) is 3.99. The average Bonchev–Trinajstić information content (AvgIpc) is 2.70. The van der Waals surface area contributed by atoms with Crippen LogP contribution in [0.5, 0.6) is 0 Å². The topological polar surface area (TPSA) is 42.7 Å². The van der Waals surface area contributed by atoms with Crippen molar-refractivity contribution in [3.63, 3.8) is 0 Å². The molecule has 0 aliphatic rings. The summed E-state index contributed by atoms with van der Waals surface area (Å²) >= 11 is 6.01. The Morgan fingerprint density at radius 2 is 2.28 bits per heavy atom. The summed E-state index contributed by atoms with van der Waals surface area (Å²) in [6.45, 7) is 7.04. The molecule has 2 heterocycles. The molecule has 0 aliphatic carbocycles. The fraction of sp³-hybridized carbons (Fsp3) is 0.385. The summed E-state index contributed by atoms with van der Waals surface area (Å²) in [6, 6.07) is 4.33. The number of hydrogen-bond donors (Lipinski definition) is 1. The van der Waals surface area contributed by atoms with Gasteiger partial charge in [-0.3, -0.25) is 0 Å². The van der Waals surface area contributed by atoms with Crippen LogP contribution in [0.4, 0.5) is 0 Å². The van der Waals surface area contributed by atoms with E-state index in [1.165, 1.54) is 5.56 Å². The molecular formula is C13H17ClN4. The second-order valence-corrected chi connectivity index (χ2v) is 4.64. The number of rotatable bonds is 4. The number of nitrogens with zero attached hydrogens (tertiary/aromatic N) is 3. The summed E-state index contributed by atoms with van der Waals surface area (Å²) < 4.78 is 1.71. The number of aryl methyl sites for hydroxylation is 1. The van der Waals surface area contributed by atoms with Gasteiger partial charge in [-0.05, 0) is 38.1 Å². The van der Waals surface area contributed by atoms with Gasteiger partial charge >= 0.3 is 0 Å². The average molecular weight is 265 g/mol. The molecule has 96 valence electrons. The predicted octanol–water partition coefficient (Wildman–Crippen LogP) is 2.90. The summed E-state index contributed by atoms with van der Waals surface area (Å²) in [5.41, 5.74) is 2.00. The van der Waals surface area contributed by atoms with E-state index in [9.17, 15) is 0 Å². The molecule has 18 heavy (non-hydrogen) atoms. The Balaban J connectivity index is 2.32. The van der Waals surface area contributed by atoms with E-state index in [1.54, 1.807) is 17.1 Å². The molecule has 2 aromatic heterocycles. The maximum absolute atomic E-state index is 6.01. The molecule has 4 nitrogen and oxygen atoms in total. The molecule has 1 unspecified atom stereocenters. The molecule has 0 fully saturated rings. The van der Waals surface area contributed by atoms with Gasteiger partial charge in [0.05, 0.1) is 16.9 Å². The van der Waals surface area contributed by atoms with Crippen LogP contribution in [-0.2, 0) is 0 Å². The lowest BCUT2D eigenvalue weighted by Gasteiger charge is -2.13. The van der Waals surface area contributed by atoms with Crippen LogP contribution < -0.4 is 5.32 Å². The summed E-state index contributed by atoms with van der Waals surface area (Å²) in [4.78, 5) is 4.32. The van der Waals surface area contributed by atoms with Crippen LogP contribution in [0.3, 0.4) is 0 Å². The van der Waals surface area contributed by atoms with Crippen molar-refractivity contribution in [3.05, 3.63) is 40.8 Å². The first-order valence-corrected chi connectivity index (χ1v) is 6.41. The highest BCUT2D eigenvalue weighted by molar-refractivity contribution is 6.31. The molecule has 0 saturated carbocycles. The van der Waals surface area contributed by atoms with Crippen LogP contribution in [0.25, 0.3) is 5.82 Å². The highest BCUT2D eigenvalue weighted by atomic mass is 35.5. The molecule has 1 atom stereocenters. The van der Waals surface area contributed by atoms with E-state index in [-0.39, 0.29) is 0 Å². The molecule has 0 aromatic carbocycles. The van der Waals surface area contributed by atoms with E-state index in [0.717, 1.165) is 18.1 Å². The van der Waals surface area contributed by atoms with Gasteiger partial charge in [-0.2, -0.15) is 5.10 Å². The molecule has 0 bridgehead atoms. The highest BCUT2D eigenvalue weighted by Gasteiger charge is 2.08. The van der Waals surface area contributed by atoms with Crippen molar-refractivity contribution in [2.24, 2.45) is 0 Å². The number of halogens is 1. The first-order valence-electron chi connectivity index (χ1n) is 6.03. The molecule has 2 aromatic rings. The summed E-state index contributed by atoms with van der Waals surface area (Å²) in [5, 5.41) is 8.36. The zero-order chi connectivity index (χ0) is 13.1. The van der Waals surface area contributed by atoms with Gasteiger partial charge in [0, 0.05) is 12.2 Å². The van der Waals surface area contributed by atoms with Gasteiger partial charge in [0.1, 0.15) is 0 Å². The van der Waals surface area contributed by atoms with Crippen molar-refractivity contribution in [2.75, 3.05) is 6.54 Å². The molecule has 2 rings (SSSR count). The predicted molar refractivity (Wildman–Crippen MR) is 73.2 cm³/mol. The van der Waals surface area contributed by atoms with E-state index >= 15 is 0 Å². The smallest absolute Gasteiger partial charge is 0.153 e. The quantitative estimate of drug-likeness (QED) is 0.923. The molecule has 0 saturated heterocycles. The minimum absolute atomic E-state index is 0.295. The molecule has 0 radical (unpaired) electrons. The van der Waals surface area contributed by atoms with E-state index in [4.69, 9.17) is 11.6 Å². The summed E-state index contributed by atoms with van der Waals surface area (Å²) in [7, 11) is 0. The van der Waals surface area contributed by atoms with Crippen molar-refractivity contribution >= 4 is 11.6 Å². The molecule has 0 aliphatic heterocycles. The minimum atomic E-state index is 0.295. The van der Waals surface area contributed by atoms with Crippen LogP contribution in [-0.4, -0.2) is 21.3 Å². The van der Waals surface area contributed by atoms with Crippen molar-refractivity contribution in [2.45, 2.75) is 26.8 Å². The number of aromatic nitrogens is 3. The largest absolute Gasteiger partial charge is 0.310 e. The number of nitrogens with one attached hydrogen (secondary N) is 1. The maximum atomic E-state index is 6.01. The molecular weight excluding hydrogens is 248 g/mol. The minimum Gasteiger partial charge on any atom is -0.310 e. The zero-order valence-corrected chi connectivity index (χ0v) is 11.6. The lowest BCUT2D eigenvalue weighted by Crippen LogP contribution is -2.18. The van der Waals surface area contributed by atoms with E-state index in [0.29, 0.717) is 11.1 Å².